The molecule has 4 fully saturated rings. The first-order chi connectivity index (χ1) is 17.9. The summed E-state index contributed by atoms with van der Waals surface area (Å²) < 4.78 is 12.2. The van der Waals surface area contributed by atoms with E-state index < -0.39 is 29.6 Å². The number of rotatable bonds is 6. The van der Waals surface area contributed by atoms with E-state index >= 15 is 0 Å². The summed E-state index contributed by atoms with van der Waals surface area (Å²) in [4.78, 5) is 43.0. The molecule has 1 aliphatic carbocycles. The Morgan fingerprint density at radius 3 is 2.49 bits per heavy atom. The number of nitrogens with one attached hydrogen (secondary N) is 2. The Morgan fingerprint density at radius 2 is 1.78 bits per heavy atom. The van der Waals surface area contributed by atoms with E-state index in [1.165, 1.54) is 6.42 Å². The average molecular weight is 548 g/mol. The fourth-order valence-electron chi connectivity index (χ4n) is 6.85. The number of hydrogen-bond acceptors (Lipinski definition) is 5. The highest BCUT2D eigenvalue weighted by Crippen LogP contribution is 2.55. The Kier molecular flexibility index (Phi) is 6.72. The number of likely N-dealkylation sites (tertiary alicyclic amines) is 1. The zero-order valence-electron chi connectivity index (χ0n) is 20.5. The van der Waals surface area contributed by atoms with E-state index in [4.69, 9.17) is 32.7 Å². The van der Waals surface area contributed by atoms with Gasteiger partial charge < -0.3 is 25.0 Å². The summed E-state index contributed by atoms with van der Waals surface area (Å²) >= 11 is 12.2. The standard InChI is InChI=1S/C27H31Cl2N3O5/c28-15-11-16(29)13-18(12-15)31-24(33)21-20-8-9-27(37-20)22(21)26(35)32(14-19-7-4-10-36-19)23(27)25(34)30-17-5-2-1-3-6-17/h8-9,11-13,17,19-23H,1-7,10,14H2,(H,30,34)(H,31,33)/t19?,20-,21?,22-,23?,27?/m0/s1. The van der Waals surface area contributed by atoms with Crippen LogP contribution < -0.4 is 10.6 Å². The molecule has 198 valence electrons. The predicted molar refractivity (Wildman–Crippen MR) is 138 cm³/mol. The Labute approximate surface area is 226 Å². The van der Waals surface area contributed by atoms with Crippen molar-refractivity contribution in [3.8, 4) is 0 Å². The highest BCUT2D eigenvalue weighted by Gasteiger charge is 2.73. The molecule has 2 N–H and O–H groups in total. The summed E-state index contributed by atoms with van der Waals surface area (Å²) in [5, 5.41) is 6.85. The van der Waals surface area contributed by atoms with Crippen LogP contribution in [-0.2, 0) is 23.9 Å². The Hall–Kier alpha value is -2.13. The van der Waals surface area contributed by atoms with Gasteiger partial charge in [0.25, 0.3) is 0 Å². The summed E-state index contributed by atoms with van der Waals surface area (Å²) in [6.45, 7) is 0.950. The SMILES string of the molecule is O=C(Nc1cc(Cl)cc(Cl)c1)C1[C@@H]2C=CC3(O2)C(C(=O)NC2CCCCC2)N(CC2CCCO2)C(=O)[C@H]13. The third-order valence-corrected chi connectivity index (χ3v) is 8.87. The van der Waals surface area contributed by atoms with Crippen LogP contribution in [-0.4, -0.2) is 65.7 Å². The number of fused-ring (bicyclic) bond motifs is 1. The van der Waals surface area contributed by atoms with Crippen molar-refractivity contribution >= 4 is 46.6 Å². The van der Waals surface area contributed by atoms with Crippen molar-refractivity contribution in [2.75, 3.05) is 18.5 Å². The van der Waals surface area contributed by atoms with Gasteiger partial charge in [-0.3, -0.25) is 14.4 Å². The fourth-order valence-corrected chi connectivity index (χ4v) is 7.38. The molecule has 5 aliphatic rings. The van der Waals surface area contributed by atoms with Gasteiger partial charge in [-0.2, -0.15) is 0 Å². The van der Waals surface area contributed by atoms with E-state index in [1.54, 1.807) is 23.1 Å². The van der Waals surface area contributed by atoms with Gasteiger partial charge in [0, 0.05) is 34.9 Å². The predicted octanol–water partition coefficient (Wildman–Crippen LogP) is 3.71. The number of ether oxygens (including phenoxy) is 2. The van der Waals surface area contributed by atoms with Gasteiger partial charge in [0.1, 0.15) is 11.6 Å². The van der Waals surface area contributed by atoms with E-state index in [-0.39, 0.29) is 29.9 Å². The van der Waals surface area contributed by atoms with E-state index in [9.17, 15) is 14.4 Å². The molecule has 1 aromatic rings. The minimum Gasteiger partial charge on any atom is -0.376 e. The van der Waals surface area contributed by atoms with Gasteiger partial charge in [-0.25, -0.2) is 0 Å². The van der Waals surface area contributed by atoms with Crippen molar-refractivity contribution in [2.24, 2.45) is 11.8 Å². The molecule has 6 atom stereocenters. The summed E-state index contributed by atoms with van der Waals surface area (Å²) in [6, 6.07) is 4.02. The highest BCUT2D eigenvalue weighted by molar-refractivity contribution is 6.35. The van der Waals surface area contributed by atoms with Crippen LogP contribution in [0.4, 0.5) is 5.69 Å². The van der Waals surface area contributed by atoms with Gasteiger partial charge in [-0.05, 0) is 43.9 Å². The maximum atomic E-state index is 14.0. The van der Waals surface area contributed by atoms with Crippen LogP contribution in [0.1, 0.15) is 44.9 Å². The van der Waals surface area contributed by atoms with Crippen LogP contribution in [0.5, 0.6) is 0 Å². The smallest absolute Gasteiger partial charge is 0.246 e. The zero-order chi connectivity index (χ0) is 25.7. The first-order valence-electron chi connectivity index (χ1n) is 13.2. The molecule has 10 heteroatoms. The molecular formula is C27H31Cl2N3O5. The average Bonchev–Trinajstić information content (AvgIpc) is 3.62. The molecule has 0 radical (unpaired) electrons. The first kappa shape index (κ1) is 25.2. The minimum atomic E-state index is -1.19. The van der Waals surface area contributed by atoms with Gasteiger partial charge in [0.2, 0.25) is 17.7 Å². The normalized spacial score (nSPS) is 34.7. The number of anilines is 1. The summed E-state index contributed by atoms with van der Waals surface area (Å²) in [6.07, 6.45) is 9.87. The molecule has 1 aromatic carbocycles. The van der Waals surface area contributed by atoms with Crippen LogP contribution in [0.15, 0.2) is 30.4 Å². The lowest BCUT2D eigenvalue weighted by Crippen LogP contribution is -2.57. The molecule has 8 nitrogen and oxygen atoms in total. The zero-order valence-corrected chi connectivity index (χ0v) is 22.0. The first-order valence-corrected chi connectivity index (χ1v) is 14.0. The number of nitrogens with zero attached hydrogens (tertiary/aromatic N) is 1. The van der Waals surface area contributed by atoms with Gasteiger partial charge in [0.05, 0.1) is 24.0 Å². The second-order valence-corrected chi connectivity index (χ2v) is 11.7. The number of benzene rings is 1. The molecule has 37 heavy (non-hydrogen) atoms. The lowest BCUT2D eigenvalue weighted by molar-refractivity contribution is -0.143. The van der Waals surface area contributed by atoms with Crippen molar-refractivity contribution in [3.05, 3.63) is 40.4 Å². The molecule has 2 bridgehead atoms. The van der Waals surface area contributed by atoms with Crippen molar-refractivity contribution in [3.63, 3.8) is 0 Å². The topological polar surface area (TPSA) is 97.0 Å². The third kappa shape index (κ3) is 4.46. The second-order valence-electron chi connectivity index (χ2n) is 10.8. The van der Waals surface area contributed by atoms with Crippen molar-refractivity contribution < 1.29 is 23.9 Å². The van der Waals surface area contributed by atoms with Crippen LogP contribution >= 0.6 is 23.2 Å². The van der Waals surface area contributed by atoms with Crippen molar-refractivity contribution in [1.82, 2.24) is 10.2 Å². The van der Waals surface area contributed by atoms with Gasteiger partial charge in [-0.15, -0.1) is 0 Å². The van der Waals surface area contributed by atoms with Gasteiger partial charge >= 0.3 is 0 Å². The molecule has 3 amide bonds. The number of carbonyl (C=O) groups excluding carboxylic acids is 3. The van der Waals surface area contributed by atoms with Gasteiger partial charge in [-0.1, -0.05) is 54.6 Å². The third-order valence-electron chi connectivity index (χ3n) is 8.43. The van der Waals surface area contributed by atoms with E-state index in [0.29, 0.717) is 28.9 Å². The highest BCUT2D eigenvalue weighted by atomic mass is 35.5. The molecule has 1 saturated carbocycles. The largest absolute Gasteiger partial charge is 0.376 e. The lowest BCUT2D eigenvalue weighted by atomic mass is 9.74. The molecule has 3 saturated heterocycles. The van der Waals surface area contributed by atoms with Crippen LogP contribution in [0.25, 0.3) is 0 Å². The van der Waals surface area contributed by atoms with Gasteiger partial charge in [0.15, 0.2) is 0 Å². The van der Waals surface area contributed by atoms with Crippen LogP contribution in [0, 0.1) is 11.8 Å². The Balaban J connectivity index is 1.30. The molecule has 6 rings (SSSR count). The number of hydrogen-bond donors (Lipinski definition) is 2. The van der Waals surface area contributed by atoms with Crippen LogP contribution in [0.3, 0.4) is 0 Å². The monoisotopic (exact) mass is 547 g/mol. The van der Waals surface area contributed by atoms with E-state index in [2.05, 4.69) is 10.6 Å². The number of carbonyl (C=O) groups is 3. The Morgan fingerprint density at radius 1 is 1.03 bits per heavy atom. The molecule has 4 unspecified atom stereocenters. The summed E-state index contributed by atoms with van der Waals surface area (Å²) in [5.74, 6) is -2.40. The maximum Gasteiger partial charge on any atom is 0.246 e. The van der Waals surface area contributed by atoms with Crippen LogP contribution in [0.2, 0.25) is 10.0 Å². The fraction of sp³-hybridized carbons (Fsp3) is 0.593. The lowest BCUT2D eigenvalue weighted by Gasteiger charge is -2.34. The van der Waals surface area contributed by atoms with E-state index in [0.717, 1.165) is 38.5 Å². The van der Waals surface area contributed by atoms with Crippen molar-refractivity contribution in [2.45, 2.75) is 74.8 Å². The summed E-state index contributed by atoms with van der Waals surface area (Å²) in [5.41, 5.74) is -0.746. The second kappa shape index (κ2) is 9.88. The quantitative estimate of drug-likeness (QED) is 0.529. The molecular weight excluding hydrogens is 517 g/mol. The van der Waals surface area contributed by atoms with Crippen molar-refractivity contribution in [1.29, 1.82) is 0 Å². The molecule has 4 aliphatic heterocycles. The van der Waals surface area contributed by atoms with E-state index in [1.807, 2.05) is 12.2 Å². The molecule has 0 aromatic heterocycles. The maximum absolute atomic E-state index is 14.0. The number of halogens is 2. The summed E-state index contributed by atoms with van der Waals surface area (Å²) in [7, 11) is 0. The molecule has 1 spiro atoms. The molecule has 4 heterocycles. The number of amides is 3. The Bertz CT molecular complexity index is 1110. The minimum absolute atomic E-state index is 0.0886.